The lowest BCUT2D eigenvalue weighted by atomic mass is 9.82. The second kappa shape index (κ2) is 12.5. The standard InChI is InChI=1S/C28H36N6O3/c1-34(2)14-13-29-26-12-11-21(18-30-26)25-15-23(22-5-3-4-6-24(22)33-25)27(35)31-16-19-7-9-20(10-8-19)17-32-28(36)37/h3-6,11-12,15,18-20,32H,7-10,13-14,16-17H2,1-2H3,(H,29,30)(H,31,35)(H,36,37)/t19-,20-. The number of benzene rings is 1. The summed E-state index contributed by atoms with van der Waals surface area (Å²) < 4.78 is 0. The van der Waals surface area contributed by atoms with E-state index in [1.165, 1.54) is 0 Å². The van der Waals surface area contributed by atoms with Crippen molar-refractivity contribution < 1.29 is 14.7 Å². The number of aromatic nitrogens is 2. The summed E-state index contributed by atoms with van der Waals surface area (Å²) >= 11 is 0. The molecule has 1 aliphatic carbocycles. The Balaban J connectivity index is 1.42. The lowest BCUT2D eigenvalue weighted by Gasteiger charge is -2.28. The number of para-hydroxylation sites is 1. The number of fused-ring (bicyclic) bond motifs is 1. The van der Waals surface area contributed by atoms with Gasteiger partial charge in [-0.25, -0.2) is 14.8 Å². The molecule has 9 nitrogen and oxygen atoms in total. The molecule has 0 radical (unpaired) electrons. The highest BCUT2D eigenvalue weighted by molar-refractivity contribution is 6.07. The predicted octanol–water partition coefficient (Wildman–Crippen LogP) is 4.07. The molecule has 4 N–H and O–H groups in total. The molecule has 0 bridgehead atoms. The van der Waals surface area contributed by atoms with E-state index in [2.05, 4.69) is 25.8 Å². The fourth-order valence-electron chi connectivity index (χ4n) is 4.77. The number of nitrogens with one attached hydrogen (secondary N) is 3. The lowest BCUT2D eigenvalue weighted by molar-refractivity contribution is 0.0942. The zero-order chi connectivity index (χ0) is 26.2. The van der Waals surface area contributed by atoms with E-state index in [-0.39, 0.29) is 5.91 Å². The largest absolute Gasteiger partial charge is 0.465 e. The van der Waals surface area contributed by atoms with Gasteiger partial charge in [0.2, 0.25) is 0 Å². The van der Waals surface area contributed by atoms with Crippen LogP contribution in [0, 0.1) is 11.8 Å². The summed E-state index contributed by atoms with van der Waals surface area (Å²) in [5, 5.41) is 18.6. The monoisotopic (exact) mass is 504 g/mol. The van der Waals surface area contributed by atoms with E-state index < -0.39 is 6.09 Å². The molecule has 0 spiro atoms. The first kappa shape index (κ1) is 26.3. The second-order valence-electron chi connectivity index (χ2n) is 10.0. The number of carboxylic acid groups (broad SMARTS) is 1. The lowest BCUT2D eigenvalue weighted by Crippen LogP contribution is -2.34. The molecule has 0 aliphatic heterocycles. The minimum absolute atomic E-state index is 0.107. The van der Waals surface area contributed by atoms with Crippen LogP contribution in [-0.2, 0) is 0 Å². The van der Waals surface area contributed by atoms with Crippen molar-refractivity contribution in [2.75, 3.05) is 45.6 Å². The molecule has 1 aromatic carbocycles. The molecule has 0 atom stereocenters. The maximum atomic E-state index is 13.3. The van der Waals surface area contributed by atoms with Crippen molar-refractivity contribution in [2.45, 2.75) is 25.7 Å². The van der Waals surface area contributed by atoms with Gasteiger partial charge in [0.25, 0.3) is 5.91 Å². The zero-order valence-electron chi connectivity index (χ0n) is 21.5. The average molecular weight is 505 g/mol. The van der Waals surface area contributed by atoms with Crippen LogP contribution in [0.1, 0.15) is 36.0 Å². The third kappa shape index (κ3) is 7.39. The van der Waals surface area contributed by atoms with E-state index in [1.54, 1.807) is 6.20 Å². The van der Waals surface area contributed by atoms with Crippen LogP contribution in [0.5, 0.6) is 0 Å². The average Bonchev–Trinajstić information content (AvgIpc) is 2.90. The Morgan fingerprint density at radius 1 is 1.00 bits per heavy atom. The van der Waals surface area contributed by atoms with E-state index in [4.69, 9.17) is 10.1 Å². The van der Waals surface area contributed by atoms with Crippen molar-refractivity contribution in [3.05, 3.63) is 54.2 Å². The molecule has 1 aliphatic rings. The number of carbonyl (C=O) groups excluding carboxylic acids is 1. The Bertz CT molecular complexity index is 1210. The van der Waals surface area contributed by atoms with Gasteiger partial charge in [-0.05, 0) is 75.9 Å². The quantitative estimate of drug-likeness (QED) is 0.328. The molecule has 196 valence electrons. The van der Waals surface area contributed by atoms with Gasteiger partial charge in [-0.1, -0.05) is 18.2 Å². The Kier molecular flexibility index (Phi) is 8.90. The smallest absolute Gasteiger partial charge is 0.404 e. The molecule has 37 heavy (non-hydrogen) atoms. The number of pyridine rings is 2. The highest BCUT2D eigenvalue weighted by Crippen LogP contribution is 2.29. The van der Waals surface area contributed by atoms with Crippen molar-refractivity contribution >= 4 is 28.7 Å². The number of anilines is 1. The van der Waals surface area contributed by atoms with Crippen LogP contribution in [0.3, 0.4) is 0 Å². The molecule has 2 amide bonds. The molecule has 0 saturated heterocycles. The first-order chi connectivity index (χ1) is 17.9. The van der Waals surface area contributed by atoms with Crippen LogP contribution >= 0.6 is 0 Å². The molecular formula is C28H36N6O3. The van der Waals surface area contributed by atoms with Crippen molar-refractivity contribution in [1.82, 2.24) is 25.5 Å². The van der Waals surface area contributed by atoms with Gasteiger partial charge in [-0.2, -0.15) is 0 Å². The normalized spacial score (nSPS) is 17.5. The van der Waals surface area contributed by atoms with E-state index in [0.29, 0.717) is 36.2 Å². The summed E-state index contributed by atoms with van der Waals surface area (Å²) in [7, 11) is 4.06. The van der Waals surface area contributed by atoms with Gasteiger partial charge >= 0.3 is 6.09 Å². The van der Waals surface area contributed by atoms with Crippen molar-refractivity contribution in [3.8, 4) is 11.3 Å². The van der Waals surface area contributed by atoms with Gasteiger partial charge in [-0.3, -0.25) is 4.79 Å². The van der Waals surface area contributed by atoms with E-state index in [9.17, 15) is 9.59 Å². The van der Waals surface area contributed by atoms with E-state index >= 15 is 0 Å². The van der Waals surface area contributed by atoms with Gasteiger partial charge in [0.1, 0.15) is 5.82 Å². The maximum Gasteiger partial charge on any atom is 0.404 e. The Hall–Kier alpha value is -3.72. The van der Waals surface area contributed by atoms with Crippen molar-refractivity contribution in [2.24, 2.45) is 11.8 Å². The highest BCUT2D eigenvalue weighted by atomic mass is 16.4. The summed E-state index contributed by atoms with van der Waals surface area (Å²) in [5.41, 5.74) is 2.94. The summed E-state index contributed by atoms with van der Waals surface area (Å²) in [6, 6.07) is 13.5. The summed E-state index contributed by atoms with van der Waals surface area (Å²) in [6.45, 7) is 2.83. The van der Waals surface area contributed by atoms with E-state index in [0.717, 1.165) is 61.1 Å². The fraction of sp³-hybridized carbons (Fsp3) is 0.429. The number of nitrogens with zero attached hydrogens (tertiary/aromatic N) is 3. The Morgan fingerprint density at radius 3 is 2.35 bits per heavy atom. The summed E-state index contributed by atoms with van der Waals surface area (Å²) in [4.78, 5) is 35.5. The van der Waals surface area contributed by atoms with Crippen molar-refractivity contribution in [3.63, 3.8) is 0 Å². The highest BCUT2D eigenvalue weighted by Gasteiger charge is 2.23. The summed E-state index contributed by atoms with van der Waals surface area (Å²) in [6.07, 6.45) is 4.72. The van der Waals surface area contributed by atoms with Gasteiger partial charge in [0.15, 0.2) is 0 Å². The first-order valence-electron chi connectivity index (χ1n) is 12.9. The molecule has 0 unspecified atom stereocenters. The number of hydrogen-bond donors (Lipinski definition) is 4. The van der Waals surface area contributed by atoms with Crippen LogP contribution < -0.4 is 16.0 Å². The van der Waals surface area contributed by atoms with Crippen LogP contribution in [0.15, 0.2) is 48.7 Å². The molecule has 2 aromatic heterocycles. The van der Waals surface area contributed by atoms with E-state index in [1.807, 2.05) is 56.6 Å². The molecule has 4 rings (SSSR count). The third-order valence-electron chi connectivity index (χ3n) is 6.94. The molecular weight excluding hydrogens is 468 g/mol. The topological polar surface area (TPSA) is 119 Å². The Morgan fingerprint density at radius 2 is 1.70 bits per heavy atom. The predicted molar refractivity (Wildman–Crippen MR) is 146 cm³/mol. The first-order valence-corrected chi connectivity index (χ1v) is 12.9. The van der Waals surface area contributed by atoms with Gasteiger partial charge in [0, 0.05) is 43.3 Å². The number of likely N-dealkylation sites (N-methyl/N-ethyl adjacent to an activating group) is 1. The van der Waals surface area contributed by atoms with Gasteiger partial charge in [0.05, 0.1) is 16.8 Å². The maximum absolute atomic E-state index is 13.3. The van der Waals surface area contributed by atoms with Crippen LogP contribution in [-0.4, -0.2) is 72.2 Å². The van der Waals surface area contributed by atoms with Gasteiger partial charge in [-0.15, -0.1) is 0 Å². The zero-order valence-corrected chi connectivity index (χ0v) is 21.5. The van der Waals surface area contributed by atoms with Crippen LogP contribution in [0.25, 0.3) is 22.2 Å². The van der Waals surface area contributed by atoms with Crippen molar-refractivity contribution in [1.29, 1.82) is 0 Å². The number of carbonyl (C=O) groups is 2. The Labute approximate surface area is 217 Å². The molecule has 9 heteroatoms. The van der Waals surface area contributed by atoms with Crippen LogP contribution in [0.2, 0.25) is 0 Å². The molecule has 3 aromatic rings. The molecule has 2 heterocycles. The third-order valence-corrected chi connectivity index (χ3v) is 6.94. The minimum Gasteiger partial charge on any atom is -0.465 e. The minimum atomic E-state index is -0.971. The number of amides is 2. The SMILES string of the molecule is CN(C)CCNc1ccc(-c2cc(C(=O)NC[C@H]3CC[C@H](CNC(=O)O)CC3)c3ccccc3n2)cn1. The number of rotatable bonds is 10. The summed E-state index contributed by atoms with van der Waals surface area (Å²) in [5.74, 6) is 1.47. The number of hydrogen-bond acceptors (Lipinski definition) is 6. The second-order valence-corrected chi connectivity index (χ2v) is 10.0. The molecule has 1 fully saturated rings. The van der Waals surface area contributed by atoms with Gasteiger partial charge < -0.3 is 26.0 Å². The molecule has 1 saturated carbocycles. The fourth-order valence-corrected chi connectivity index (χ4v) is 4.77. The van der Waals surface area contributed by atoms with Crippen LogP contribution in [0.4, 0.5) is 10.6 Å².